The first-order chi connectivity index (χ1) is 10.4. The fourth-order valence-corrected chi connectivity index (χ4v) is 1.93. The average Bonchev–Trinajstić information content (AvgIpc) is 2.90. The second-order valence-electron chi connectivity index (χ2n) is 4.22. The van der Waals surface area contributed by atoms with Gasteiger partial charge in [0.2, 0.25) is 0 Å². The van der Waals surface area contributed by atoms with Crippen LogP contribution in [0.2, 0.25) is 5.02 Å². The Labute approximate surface area is 129 Å². The van der Waals surface area contributed by atoms with Crippen LogP contribution < -0.4 is 10.9 Å². The van der Waals surface area contributed by atoms with Crippen LogP contribution in [0.4, 0.5) is 5.69 Å². The van der Waals surface area contributed by atoms with Crippen molar-refractivity contribution in [1.82, 2.24) is 10.9 Å². The zero-order chi connectivity index (χ0) is 16.3. The molecule has 1 heterocycles. The predicted molar refractivity (Wildman–Crippen MR) is 76.5 cm³/mol. The van der Waals surface area contributed by atoms with Gasteiger partial charge in [0.15, 0.2) is 0 Å². The lowest BCUT2D eigenvalue weighted by molar-refractivity contribution is -0.384. The molecule has 2 rings (SSSR count). The van der Waals surface area contributed by atoms with Gasteiger partial charge in [0, 0.05) is 12.1 Å². The highest BCUT2D eigenvalue weighted by atomic mass is 35.5. The van der Waals surface area contributed by atoms with Gasteiger partial charge in [-0.1, -0.05) is 11.6 Å². The van der Waals surface area contributed by atoms with Crippen LogP contribution in [0.1, 0.15) is 26.5 Å². The predicted octanol–water partition coefficient (Wildman–Crippen LogP) is 2.22. The van der Waals surface area contributed by atoms with Crippen molar-refractivity contribution < 1.29 is 18.9 Å². The van der Waals surface area contributed by atoms with Crippen molar-refractivity contribution in [3.8, 4) is 0 Å². The molecule has 114 valence electrons. The number of benzene rings is 1. The molecule has 0 saturated heterocycles. The second kappa shape index (κ2) is 6.27. The number of nitrogens with one attached hydrogen (secondary N) is 2. The van der Waals surface area contributed by atoms with E-state index in [4.69, 9.17) is 16.0 Å². The van der Waals surface area contributed by atoms with E-state index >= 15 is 0 Å². The summed E-state index contributed by atoms with van der Waals surface area (Å²) in [7, 11) is 0. The van der Waals surface area contributed by atoms with Crippen molar-refractivity contribution >= 4 is 29.1 Å². The summed E-state index contributed by atoms with van der Waals surface area (Å²) in [5.74, 6) is -0.854. The van der Waals surface area contributed by atoms with E-state index in [0.717, 1.165) is 12.1 Å². The SMILES string of the molecule is Cc1occc1C(=O)NNC(=O)c1ccc([N+](=O)[O-])cc1Cl. The van der Waals surface area contributed by atoms with Crippen LogP contribution >= 0.6 is 11.6 Å². The molecule has 0 spiro atoms. The number of hydrogen-bond donors (Lipinski definition) is 2. The number of non-ortho nitro benzene ring substituents is 1. The second-order valence-corrected chi connectivity index (χ2v) is 4.63. The highest BCUT2D eigenvalue weighted by Gasteiger charge is 2.17. The third kappa shape index (κ3) is 3.23. The van der Waals surface area contributed by atoms with Crippen LogP contribution in [0.25, 0.3) is 0 Å². The molecule has 2 N–H and O–H groups in total. The van der Waals surface area contributed by atoms with E-state index in [1.54, 1.807) is 6.92 Å². The summed E-state index contributed by atoms with van der Waals surface area (Å²) in [6.07, 6.45) is 1.35. The Morgan fingerprint density at radius 3 is 2.32 bits per heavy atom. The topological polar surface area (TPSA) is 114 Å². The summed E-state index contributed by atoms with van der Waals surface area (Å²) in [5, 5.41) is 10.5. The van der Waals surface area contributed by atoms with Gasteiger partial charge in [-0.2, -0.15) is 0 Å². The Kier molecular flexibility index (Phi) is 4.42. The van der Waals surface area contributed by atoms with Gasteiger partial charge in [-0.3, -0.25) is 30.6 Å². The van der Waals surface area contributed by atoms with E-state index in [0.29, 0.717) is 5.76 Å². The zero-order valence-corrected chi connectivity index (χ0v) is 12.0. The maximum atomic E-state index is 11.9. The van der Waals surface area contributed by atoms with Crippen LogP contribution in [0.15, 0.2) is 34.9 Å². The summed E-state index contributed by atoms with van der Waals surface area (Å²) < 4.78 is 4.97. The zero-order valence-electron chi connectivity index (χ0n) is 11.3. The molecule has 0 saturated carbocycles. The van der Waals surface area contributed by atoms with Crippen molar-refractivity contribution in [3.63, 3.8) is 0 Å². The molecule has 0 aliphatic rings. The van der Waals surface area contributed by atoms with Gasteiger partial charge in [-0.25, -0.2) is 0 Å². The number of halogens is 1. The number of nitrogens with zero attached hydrogens (tertiary/aromatic N) is 1. The molecule has 1 aromatic carbocycles. The molecule has 2 aromatic rings. The monoisotopic (exact) mass is 323 g/mol. The fraction of sp³-hybridized carbons (Fsp3) is 0.0769. The number of aryl methyl sites for hydroxylation is 1. The third-order valence-electron chi connectivity index (χ3n) is 2.80. The van der Waals surface area contributed by atoms with Gasteiger partial charge in [0.1, 0.15) is 5.76 Å². The molecule has 0 fully saturated rings. The smallest absolute Gasteiger partial charge is 0.273 e. The molecule has 0 radical (unpaired) electrons. The number of hydrogen-bond acceptors (Lipinski definition) is 5. The summed E-state index contributed by atoms with van der Waals surface area (Å²) in [5.41, 5.74) is 4.40. The van der Waals surface area contributed by atoms with Gasteiger partial charge >= 0.3 is 0 Å². The highest BCUT2D eigenvalue weighted by Crippen LogP contribution is 2.22. The molecular formula is C13H10ClN3O5. The lowest BCUT2D eigenvalue weighted by atomic mass is 10.2. The molecule has 0 aliphatic carbocycles. The normalized spacial score (nSPS) is 10.1. The number of nitro benzene ring substituents is 1. The molecule has 8 nitrogen and oxygen atoms in total. The average molecular weight is 324 g/mol. The quantitative estimate of drug-likeness (QED) is 0.664. The molecular weight excluding hydrogens is 314 g/mol. The van der Waals surface area contributed by atoms with Crippen molar-refractivity contribution in [3.05, 3.63) is 62.6 Å². The van der Waals surface area contributed by atoms with E-state index in [1.807, 2.05) is 0 Å². The first-order valence-corrected chi connectivity index (χ1v) is 6.36. The van der Waals surface area contributed by atoms with Gasteiger partial charge in [0.05, 0.1) is 27.3 Å². The number of amides is 2. The molecule has 2 amide bonds. The Bertz CT molecular complexity index is 756. The first-order valence-electron chi connectivity index (χ1n) is 5.99. The van der Waals surface area contributed by atoms with Gasteiger partial charge in [0.25, 0.3) is 17.5 Å². The van der Waals surface area contributed by atoms with Gasteiger partial charge in [-0.05, 0) is 19.1 Å². The maximum Gasteiger partial charge on any atom is 0.273 e. The van der Waals surface area contributed by atoms with E-state index < -0.39 is 16.7 Å². The number of hydrazine groups is 1. The summed E-state index contributed by atoms with van der Waals surface area (Å²) in [6, 6.07) is 4.85. The number of furan rings is 1. The van der Waals surface area contributed by atoms with Crippen molar-refractivity contribution in [2.45, 2.75) is 6.92 Å². The Balaban J connectivity index is 2.05. The Morgan fingerprint density at radius 1 is 1.18 bits per heavy atom. The standard InChI is InChI=1S/C13H10ClN3O5/c1-7-9(4-5-22-7)12(18)15-16-13(19)10-3-2-8(17(20)21)6-11(10)14/h2-6H,1H3,(H,15,18)(H,16,19). The van der Waals surface area contributed by atoms with Crippen molar-refractivity contribution in [2.75, 3.05) is 0 Å². The summed E-state index contributed by atoms with van der Waals surface area (Å²) >= 11 is 5.82. The van der Waals surface area contributed by atoms with Crippen LogP contribution in [-0.2, 0) is 0 Å². The Morgan fingerprint density at radius 2 is 1.82 bits per heavy atom. The third-order valence-corrected chi connectivity index (χ3v) is 3.11. The summed E-state index contributed by atoms with van der Waals surface area (Å²) in [6.45, 7) is 1.60. The van der Waals surface area contributed by atoms with Crippen LogP contribution in [0, 0.1) is 17.0 Å². The minimum absolute atomic E-state index is 0.00326. The van der Waals surface area contributed by atoms with E-state index in [2.05, 4.69) is 10.9 Å². The number of nitro groups is 1. The number of rotatable bonds is 3. The van der Waals surface area contributed by atoms with Crippen molar-refractivity contribution in [2.24, 2.45) is 0 Å². The maximum absolute atomic E-state index is 11.9. The minimum Gasteiger partial charge on any atom is -0.469 e. The van der Waals surface area contributed by atoms with Crippen LogP contribution in [-0.4, -0.2) is 16.7 Å². The Hall–Kier alpha value is -2.87. The molecule has 1 aromatic heterocycles. The van der Waals surface area contributed by atoms with Crippen molar-refractivity contribution in [1.29, 1.82) is 0 Å². The van der Waals surface area contributed by atoms with Crippen LogP contribution in [0.3, 0.4) is 0 Å². The molecule has 0 bridgehead atoms. The van der Waals surface area contributed by atoms with Gasteiger partial charge in [-0.15, -0.1) is 0 Å². The lowest BCUT2D eigenvalue weighted by Crippen LogP contribution is -2.41. The molecule has 0 unspecified atom stereocenters. The highest BCUT2D eigenvalue weighted by molar-refractivity contribution is 6.34. The van der Waals surface area contributed by atoms with Gasteiger partial charge < -0.3 is 4.42 Å². The van der Waals surface area contributed by atoms with E-state index in [1.165, 1.54) is 18.4 Å². The molecule has 0 aliphatic heterocycles. The van der Waals surface area contributed by atoms with E-state index in [-0.39, 0.29) is 21.8 Å². The van der Waals surface area contributed by atoms with E-state index in [9.17, 15) is 19.7 Å². The number of carbonyl (C=O) groups is 2. The molecule has 22 heavy (non-hydrogen) atoms. The number of carbonyl (C=O) groups excluding carboxylic acids is 2. The lowest BCUT2D eigenvalue weighted by Gasteiger charge is -2.08. The minimum atomic E-state index is -0.700. The fourth-order valence-electron chi connectivity index (χ4n) is 1.67. The molecule has 9 heteroatoms. The largest absolute Gasteiger partial charge is 0.469 e. The summed E-state index contributed by atoms with van der Waals surface area (Å²) in [4.78, 5) is 33.6. The molecule has 0 atom stereocenters. The first kappa shape index (κ1) is 15.5. The van der Waals surface area contributed by atoms with Crippen LogP contribution in [0.5, 0.6) is 0 Å².